The molecular weight excluding hydrogens is 627 g/mol. The molecule has 3 N–H and O–H groups in total. The molecule has 0 spiro atoms. The molecule has 2 aliphatic heterocycles. The van der Waals surface area contributed by atoms with Crippen LogP contribution in [0.4, 0.5) is 29.5 Å². The van der Waals surface area contributed by atoms with Crippen LogP contribution in [-0.2, 0) is 17.3 Å². The number of H-pyrrole nitrogens is 1. The number of imidazole rings is 1. The number of nitrogens with zero attached hydrogens (tertiary/aromatic N) is 6. The summed E-state index contributed by atoms with van der Waals surface area (Å²) in [4.78, 5) is 38.3. The van der Waals surface area contributed by atoms with E-state index in [1.807, 2.05) is 38.9 Å². The van der Waals surface area contributed by atoms with E-state index in [9.17, 15) is 22.8 Å². The molecule has 0 aliphatic carbocycles. The first-order valence-electron chi connectivity index (χ1n) is 16.1. The monoisotopic (exact) mass is 667 g/mol. The number of nitrogens with one attached hydrogen (secondary N) is 3. The number of likely N-dealkylation sites (tertiary alicyclic amines) is 2. The predicted octanol–water partition coefficient (Wildman–Crippen LogP) is 5.36. The van der Waals surface area contributed by atoms with Crippen LogP contribution in [0.2, 0.25) is 0 Å². The van der Waals surface area contributed by atoms with Crippen LogP contribution in [0.15, 0.2) is 43.0 Å². The fourth-order valence-corrected chi connectivity index (χ4v) is 6.33. The topological polar surface area (TPSA) is 133 Å². The second kappa shape index (κ2) is 13.1. The van der Waals surface area contributed by atoms with Gasteiger partial charge in [0.15, 0.2) is 11.5 Å². The number of carbonyl (C=O) groups is 2. The Morgan fingerprint density at radius 1 is 1.08 bits per heavy atom. The van der Waals surface area contributed by atoms with Gasteiger partial charge in [-0.2, -0.15) is 18.3 Å². The number of benzene rings is 1. The number of amides is 2. The normalized spacial score (nSPS) is 17.5. The van der Waals surface area contributed by atoms with E-state index in [2.05, 4.69) is 30.6 Å². The maximum Gasteiger partial charge on any atom is 0.433 e. The summed E-state index contributed by atoms with van der Waals surface area (Å²) in [5.41, 5.74) is 1.08. The molecule has 5 heterocycles. The van der Waals surface area contributed by atoms with Crippen molar-refractivity contribution in [2.75, 3.05) is 44.6 Å². The summed E-state index contributed by atoms with van der Waals surface area (Å²) in [5, 5.41) is 11.9. The largest absolute Gasteiger partial charge is 0.444 e. The molecule has 1 aromatic carbocycles. The second-order valence-corrected chi connectivity index (χ2v) is 13.5. The number of aromatic nitrogens is 5. The maximum absolute atomic E-state index is 13.5. The van der Waals surface area contributed by atoms with Crippen LogP contribution in [0.25, 0.3) is 16.9 Å². The zero-order chi connectivity index (χ0) is 34.2. The molecule has 1 unspecified atom stereocenters. The van der Waals surface area contributed by atoms with E-state index in [0.717, 1.165) is 37.8 Å². The first-order valence-corrected chi connectivity index (χ1v) is 16.1. The van der Waals surface area contributed by atoms with Gasteiger partial charge >= 0.3 is 12.3 Å². The highest BCUT2D eigenvalue weighted by Crippen LogP contribution is 2.36. The molecule has 3 aromatic heterocycles. The van der Waals surface area contributed by atoms with Crippen molar-refractivity contribution in [2.24, 2.45) is 11.8 Å². The summed E-state index contributed by atoms with van der Waals surface area (Å²) in [5.74, 6) is 0.997. The van der Waals surface area contributed by atoms with Gasteiger partial charge in [0.05, 0.1) is 23.7 Å². The van der Waals surface area contributed by atoms with E-state index < -0.39 is 17.5 Å². The van der Waals surface area contributed by atoms with Gasteiger partial charge in [0.2, 0.25) is 0 Å². The van der Waals surface area contributed by atoms with Crippen LogP contribution in [0, 0.1) is 11.8 Å². The number of alkyl halides is 3. The van der Waals surface area contributed by atoms with E-state index in [1.54, 1.807) is 17.0 Å². The van der Waals surface area contributed by atoms with Gasteiger partial charge in [-0.25, -0.2) is 14.8 Å². The fourth-order valence-electron chi connectivity index (χ4n) is 6.33. The zero-order valence-electron chi connectivity index (χ0n) is 27.4. The van der Waals surface area contributed by atoms with E-state index in [4.69, 9.17) is 4.74 Å². The molecule has 1 atom stereocenters. The molecule has 0 radical (unpaired) electrons. The molecule has 6 rings (SSSR count). The molecule has 12 nitrogen and oxygen atoms in total. The summed E-state index contributed by atoms with van der Waals surface area (Å²) in [6.07, 6.45) is 2.25. The van der Waals surface area contributed by atoms with Gasteiger partial charge in [-0.3, -0.25) is 14.3 Å². The molecule has 2 fully saturated rings. The second-order valence-electron chi connectivity index (χ2n) is 13.5. The Labute approximate surface area is 276 Å². The Kier molecular flexibility index (Phi) is 9.07. The number of aryl methyl sites for hydroxylation is 1. The Morgan fingerprint density at radius 3 is 2.60 bits per heavy atom. The van der Waals surface area contributed by atoms with Gasteiger partial charge in [-0.05, 0) is 69.8 Å². The number of rotatable bonds is 9. The van der Waals surface area contributed by atoms with Crippen LogP contribution in [0.5, 0.6) is 0 Å². The predicted molar refractivity (Wildman–Crippen MR) is 173 cm³/mol. The first kappa shape index (κ1) is 33.2. The molecule has 2 aliphatic rings. The van der Waals surface area contributed by atoms with Gasteiger partial charge in [0, 0.05) is 62.3 Å². The third kappa shape index (κ3) is 7.25. The number of aromatic amines is 1. The highest BCUT2D eigenvalue weighted by Gasteiger charge is 2.37. The Balaban J connectivity index is 1.03. The van der Waals surface area contributed by atoms with Gasteiger partial charge in [-0.15, -0.1) is 0 Å². The van der Waals surface area contributed by atoms with Crippen molar-refractivity contribution in [1.29, 1.82) is 0 Å². The molecule has 15 heteroatoms. The average Bonchev–Trinajstić information content (AvgIpc) is 3.76. The molecule has 2 saturated heterocycles. The molecule has 0 bridgehead atoms. The number of halogens is 3. The lowest BCUT2D eigenvalue weighted by molar-refractivity contribution is -0.140. The number of anilines is 2. The first-order chi connectivity index (χ1) is 22.8. The van der Waals surface area contributed by atoms with Crippen molar-refractivity contribution in [3.05, 3.63) is 59.8 Å². The zero-order valence-corrected chi connectivity index (χ0v) is 27.4. The summed E-state index contributed by atoms with van der Waals surface area (Å²) in [6.45, 7) is 12.4. The molecular formula is C33H40F3N9O3. The van der Waals surface area contributed by atoms with Gasteiger partial charge in [-0.1, -0.05) is 6.92 Å². The van der Waals surface area contributed by atoms with Crippen molar-refractivity contribution in [3.63, 3.8) is 0 Å². The minimum atomic E-state index is -4.60. The van der Waals surface area contributed by atoms with E-state index in [1.165, 1.54) is 23.0 Å². The Bertz CT molecular complexity index is 1790. The smallest absolute Gasteiger partial charge is 0.433 e. The molecule has 256 valence electrons. The Hall–Kier alpha value is -4.66. The number of hydrogen-bond acceptors (Lipinski definition) is 8. The lowest BCUT2D eigenvalue weighted by atomic mass is 10.0. The lowest BCUT2D eigenvalue weighted by Crippen LogP contribution is -2.54. The van der Waals surface area contributed by atoms with Crippen LogP contribution >= 0.6 is 0 Å². The highest BCUT2D eigenvalue weighted by atomic mass is 19.4. The molecule has 2 amide bonds. The van der Waals surface area contributed by atoms with Gasteiger partial charge in [0.1, 0.15) is 11.3 Å². The molecule has 48 heavy (non-hydrogen) atoms. The SMILES string of the molecule is CCc1cc(Nc2nccn3c(-c4cn[nH]c4C(F)(F)F)cnc23)ccc1C(=O)NCC1CCN(CC2CN(C(=O)OC(C)(C)C)C2)C1. The number of carbonyl (C=O) groups excluding carboxylic acids is 2. The lowest BCUT2D eigenvalue weighted by Gasteiger charge is -2.41. The van der Waals surface area contributed by atoms with Crippen LogP contribution in [0.3, 0.4) is 0 Å². The molecule has 4 aromatic rings. The quantitative estimate of drug-likeness (QED) is 0.217. The number of hydrogen-bond donors (Lipinski definition) is 3. The number of ether oxygens (including phenoxy) is 1. The summed E-state index contributed by atoms with van der Waals surface area (Å²) in [6, 6.07) is 5.42. The van der Waals surface area contributed by atoms with Gasteiger partial charge in [0.25, 0.3) is 5.91 Å². The van der Waals surface area contributed by atoms with E-state index in [-0.39, 0.29) is 23.3 Å². The van der Waals surface area contributed by atoms with Crippen molar-refractivity contribution < 1.29 is 27.5 Å². The average molecular weight is 668 g/mol. The van der Waals surface area contributed by atoms with E-state index in [0.29, 0.717) is 60.6 Å². The van der Waals surface area contributed by atoms with Crippen molar-refractivity contribution in [1.82, 2.24) is 39.7 Å². The minimum Gasteiger partial charge on any atom is -0.444 e. The van der Waals surface area contributed by atoms with Crippen molar-refractivity contribution >= 4 is 29.2 Å². The van der Waals surface area contributed by atoms with Crippen molar-refractivity contribution in [2.45, 2.75) is 52.3 Å². The third-order valence-electron chi connectivity index (χ3n) is 8.67. The van der Waals surface area contributed by atoms with Crippen LogP contribution < -0.4 is 10.6 Å². The summed E-state index contributed by atoms with van der Waals surface area (Å²) in [7, 11) is 0. The number of fused-ring (bicyclic) bond motifs is 1. The van der Waals surface area contributed by atoms with E-state index >= 15 is 0 Å². The third-order valence-corrected chi connectivity index (χ3v) is 8.67. The highest BCUT2D eigenvalue weighted by molar-refractivity contribution is 5.96. The Morgan fingerprint density at radius 2 is 1.88 bits per heavy atom. The maximum atomic E-state index is 13.5. The summed E-state index contributed by atoms with van der Waals surface area (Å²) < 4.78 is 47.5. The van der Waals surface area contributed by atoms with Crippen LogP contribution in [-0.4, -0.2) is 91.2 Å². The van der Waals surface area contributed by atoms with Crippen LogP contribution in [0.1, 0.15) is 55.7 Å². The minimum absolute atomic E-state index is 0.119. The van der Waals surface area contributed by atoms with Crippen molar-refractivity contribution in [3.8, 4) is 11.3 Å². The fraction of sp³-hybridized carbons (Fsp3) is 0.485. The molecule has 0 saturated carbocycles. The standard InChI is InChI=1S/C33H40F3N9O3/c1-5-22-12-23(41-28-29-38-15-26(45(29)11-9-37-28)25-14-40-42-27(25)33(34,35)36)6-7-24(22)30(46)39-13-20-8-10-43(16-20)17-21-18-44(19-21)31(47)48-32(2,3)4/h6-7,9,11-12,14-15,20-21H,5,8,10,13,16-19H2,1-4H3,(H,37,41)(H,39,46)(H,40,42). The van der Waals surface area contributed by atoms with Gasteiger partial charge < -0.3 is 25.2 Å². The summed E-state index contributed by atoms with van der Waals surface area (Å²) >= 11 is 0.